The van der Waals surface area contributed by atoms with Crippen molar-refractivity contribution in [2.45, 2.75) is 0 Å². The molecule has 0 fully saturated rings. The highest BCUT2D eigenvalue weighted by Gasteiger charge is 1.25. The van der Waals surface area contributed by atoms with Crippen molar-refractivity contribution in [2.75, 3.05) is 14.1 Å². The Labute approximate surface area is 29.0 Å². The zero-order chi connectivity index (χ0) is 2.71. The Kier molecular flexibility index (Phi) is 26.5. The van der Waals surface area contributed by atoms with Gasteiger partial charge >= 0.3 is 0 Å². The molecule has 0 atom stereocenters. The maximum absolute atomic E-state index is 2.75. The van der Waals surface area contributed by atoms with Gasteiger partial charge in [0.15, 0.2) is 0 Å². The molecule has 0 spiro atoms. The van der Waals surface area contributed by atoms with E-state index in [1.165, 1.54) is 0 Å². The molecule has 23 valence electrons. The summed E-state index contributed by atoms with van der Waals surface area (Å²) in [7, 11) is 3.75. The van der Waals surface area contributed by atoms with Crippen molar-refractivity contribution in [1.82, 2.24) is 5.32 Å². The highest BCUT2D eigenvalue weighted by Crippen LogP contribution is 0.981. The summed E-state index contributed by atoms with van der Waals surface area (Å²) in [6, 6.07) is 0. The van der Waals surface area contributed by atoms with Crippen molar-refractivity contribution in [2.24, 2.45) is 0 Å². The van der Waals surface area contributed by atoms with Crippen LogP contribution in [-0.2, 0) is 0 Å². The van der Waals surface area contributed by atoms with Crippen molar-refractivity contribution >= 4 is 8.41 Å². The molecular weight excluding hydrogens is 48.8 g/mol. The maximum Gasteiger partial charge on any atom is 0 e. The summed E-state index contributed by atoms with van der Waals surface area (Å²) >= 11 is 0. The molecule has 1 nitrogen and oxygen atoms in total. The van der Waals surface area contributed by atoms with Gasteiger partial charge in [0.05, 0.1) is 0 Å². The van der Waals surface area contributed by atoms with Crippen LogP contribution in [-0.4, -0.2) is 22.5 Å². The molecule has 0 saturated carbocycles. The fourth-order valence-electron chi connectivity index (χ4n) is 0. The summed E-state index contributed by atoms with van der Waals surface area (Å²) in [5, 5.41) is 2.75. The van der Waals surface area contributed by atoms with Crippen molar-refractivity contribution in [3.8, 4) is 0 Å². The standard InChI is InChI=1S/C2H7N.B/c1-3-2;/h3H,1-2H3;. The second-order valence-corrected chi connectivity index (χ2v) is 0.500. The molecule has 4 heavy (non-hydrogen) atoms. The van der Waals surface area contributed by atoms with Crippen LogP contribution in [0.5, 0.6) is 0 Å². The highest BCUT2D eigenvalue weighted by molar-refractivity contribution is 5.75. The molecular formula is C2H7BN. The molecule has 0 heterocycles. The van der Waals surface area contributed by atoms with Crippen LogP contribution < -0.4 is 5.32 Å². The molecule has 0 bridgehead atoms. The van der Waals surface area contributed by atoms with Crippen molar-refractivity contribution in [1.29, 1.82) is 0 Å². The molecule has 0 amide bonds. The molecule has 0 aromatic carbocycles. The first-order valence-corrected chi connectivity index (χ1v) is 1.00. The molecule has 0 rings (SSSR count). The predicted octanol–water partition coefficient (Wildman–Crippen LogP) is -0.545. The number of hydrogen-bond acceptors (Lipinski definition) is 1. The van der Waals surface area contributed by atoms with E-state index in [1.54, 1.807) is 0 Å². The first-order valence-electron chi connectivity index (χ1n) is 1.00. The average molecular weight is 55.9 g/mol. The summed E-state index contributed by atoms with van der Waals surface area (Å²) in [6.07, 6.45) is 0. The van der Waals surface area contributed by atoms with Crippen molar-refractivity contribution < 1.29 is 0 Å². The number of hydrogen-bond donors (Lipinski definition) is 1. The van der Waals surface area contributed by atoms with E-state index in [1.807, 2.05) is 14.1 Å². The molecule has 0 aliphatic carbocycles. The minimum absolute atomic E-state index is 0. The van der Waals surface area contributed by atoms with Crippen molar-refractivity contribution in [3.05, 3.63) is 0 Å². The van der Waals surface area contributed by atoms with Crippen LogP contribution in [0, 0.1) is 0 Å². The number of nitrogens with one attached hydrogen (secondary N) is 1. The lowest BCUT2D eigenvalue weighted by Gasteiger charge is -1.59. The monoisotopic (exact) mass is 56.1 g/mol. The van der Waals surface area contributed by atoms with E-state index < -0.39 is 0 Å². The van der Waals surface area contributed by atoms with Gasteiger partial charge in [-0.05, 0) is 14.1 Å². The van der Waals surface area contributed by atoms with Gasteiger partial charge in [0, 0.05) is 8.41 Å². The van der Waals surface area contributed by atoms with E-state index in [2.05, 4.69) is 5.32 Å². The van der Waals surface area contributed by atoms with Crippen LogP contribution in [0.4, 0.5) is 0 Å². The van der Waals surface area contributed by atoms with Gasteiger partial charge < -0.3 is 5.32 Å². The van der Waals surface area contributed by atoms with Gasteiger partial charge in [0.25, 0.3) is 0 Å². The fourth-order valence-corrected chi connectivity index (χ4v) is 0. The van der Waals surface area contributed by atoms with Gasteiger partial charge in [0.1, 0.15) is 0 Å². The SMILES string of the molecule is CNC.[B]. The highest BCUT2D eigenvalue weighted by atomic mass is 14.7. The minimum atomic E-state index is 0. The zero-order valence-corrected chi connectivity index (χ0v) is 3.08. The normalized spacial score (nSPS) is 4.50. The lowest BCUT2D eigenvalue weighted by Crippen LogP contribution is -1.89. The quantitative estimate of drug-likeness (QED) is 0.367. The molecule has 0 aliphatic heterocycles. The van der Waals surface area contributed by atoms with E-state index in [0.29, 0.717) is 0 Å². The lowest BCUT2D eigenvalue weighted by molar-refractivity contribution is 1.02. The van der Waals surface area contributed by atoms with Crippen LogP contribution in [0.25, 0.3) is 0 Å². The fraction of sp³-hybridized carbons (Fsp3) is 1.00. The van der Waals surface area contributed by atoms with Crippen LogP contribution in [0.1, 0.15) is 0 Å². The van der Waals surface area contributed by atoms with Crippen LogP contribution >= 0.6 is 0 Å². The summed E-state index contributed by atoms with van der Waals surface area (Å²) in [5.74, 6) is 0. The van der Waals surface area contributed by atoms with Crippen LogP contribution in [0.15, 0.2) is 0 Å². The van der Waals surface area contributed by atoms with E-state index in [9.17, 15) is 0 Å². The summed E-state index contributed by atoms with van der Waals surface area (Å²) < 4.78 is 0. The van der Waals surface area contributed by atoms with Gasteiger partial charge in [-0.25, -0.2) is 0 Å². The summed E-state index contributed by atoms with van der Waals surface area (Å²) in [6.45, 7) is 0. The van der Waals surface area contributed by atoms with E-state index in [0.717, 1.165) is 0 Å². The van der Waals surface area contributed by atoms with Gasteiger partial charge in [-0.3, -0.25) is 0 Å². The smallest absolute Gasteiger partial charge is 0 e. The van der Waals surface area contributed by atoms with Crippen molar-refractivity contribution in [3.63, 3.8) is 0 Å². The molecule has 0 unspecified atom stereocenters. The third-order valence-electron chi connectivity index (χ3n) is 0. The molecule has 0 aromatic rings. The van der Waals surface area contributed by atoms with Gasteiger partial charge in [-0.2, -0.15) is 0 Å². The average Bonchev–Trinajstić information content (AvgIpc) is 0.918. The maximum atomic E-state index is 2.75. The first-order chi connectivity index (χ1) is 1.41. The Balaban J connectivity index is 0. The Hall–Kier alpha value is 0.0249. The third kappa shape index (κ3) is 3420. The van der Waals surface area contributed by atoms with Gasteiger partial charge in [-0.1, -0.05) is 0 Å². The first kappa shape index (κ1) is 8.98. The van der Waals surface area contributed by atoms with E-state index >= 15 is 0 Å². The second kappa shape index (κ2) is 11.8. The Morgan fingerprint density at radius 3 is 1.25 bits per heavy atom. The molecule has 0 saturated heterocycles. The third-order valence-corrected chi connectivity index (χ3v) is 0. The van der Waals surface area contributed by atoms with E-state index in [-0.39, 0.29) is 8.41 Å². The topological polar surface area (TPSA) is 12.0 Å². The summed E-state index contributed by atoms with van der Waals surface area (Å²) in [5.41, 5.74) is 0. The minimum Gasteiger partial charge on any atom is -0.323 e. The Bertz CT molecular complexity index is 6.00. The Morgan fingerprint density at radius 1 is 1.25 bits per heavy atom. The molecule has 3 radical (unpaired) electrons. The second-order valence-electron chi connectivity index (χ2n) is 0.500. The zero-order valence-electron chi connectivity index (χ0n) is 3.08. The molecule has 1 N–H and O–H groups in total. The number of rotatable bonds is 0. The lowest BCUT2D eigenvalue weighted by atomic mass is 10.8. The predicted molar refractivity (Wildman–Crippen MR) is 20.7 cm³/mol. The largest absolute Gasteiger partial charge is 0.323 e. The Morgan fingerprint density at radius 2 is 1.25 bits per heavy atom. The van der Waals surface area contributed by atoms with Gasteiger partial charge in [0.2, 0.25) is 0 Å². The van der Waals surface area contributed by atoms with Crippen LogP contribution in [0.2, 0.25) is 0 Å². The van der Waals surface area contributed by atoms with Gasteiger partial charge in [-0.15, -0.1) is 0 Å². The van der Waals surface area contributed by atoms with Crippen LogP contribution in [0.3, 0.4) is 0 Å². The van der Waals surface area contributed by atoms with E-state index in [4.69, 9.17) is 0 Å². The molecule has 0 aromatic heterocycles. The summed E-state index contributed by atoms with van der Waals surface area (Å²) in [4.78, 5) is 0. The molecule has 2 heteroatoms. The molecule has 0 aliphatic rings.